The van der Waals surface area contributed by atoms with Crippen molar-refractivity contribution in [3.63, 3.8) is 0 Å². The predicted molar refractivity (Wildman–Crippen MR) is 46.0 cm³/mol. The van der Waals surface area contributed by atoms with Crippen LogP contribution in [-0.2, 0) is 9.53 Å². The lowest BCUT2D eigenvalue weighted by atomic mass is 10.1. The average Bonchev–Trinajstić information content (AvgIpc) is 2.02. The first kappa shape index (κ1) is 13.4. The molecular weight excluding hydrogens is 197 g/mol. The molecule has 0 rings (SSSR count). The van der Waals surface area contributed by atoms with E-state index in [4.69, 9.17) is 0 Å². The van der Waals surface area contributed by atoms with E-state index in [1.807, 2.05) is 6.92 Å². The van der Waals surface area contributed by atoms with E-state index < -0.39 is 12.8 Å². The van der Waals surface area contributed by atoms with Gasteiger partial charge in [0.25, 0.3) is 0 Å². The van der Waals surface area contributed by atoms with Crippen molar-refractivity contribution in [3.05, 3.63) is 0 Å². The summed E-state index contributed by atoms with van der Waals surface area (Å²) in [4.78, 5) is 10.9. The number of rotatable bonds is 7. The van der Waals surface area contributed by atoms with Crippen molar-refractivity contribution in [2.75, 3.05) is 13.2 Å². The van der Waals surface area contributed by atoms with Gasteiger partial charge >= 0.3 is 6.18 Å². The monoisotopic (exact) mass is 212 g/mol. The summed E-state index contributed by atoms with van der Waals surface area (Å²) in [7, 11) is 0. The molecule has 0 bridgehead atoms. The lowest BCUT2D eigenvalue weighted by Crippen LogP contribution is -2.17. The Morgan fingerprint density at radius 1 is 1.29 bits per heavy atom. The van der Waals surface area contributed by atoms with Gasteiger partial charge in [0.05, 0.1) is 0 Å². The maximum atomic E-state index is 11.6. The number of carbonyl (C=O) groups is 1. The maximum Gasteiger partial charge on any atom is 0.411 e. The molecule has 0 aliphatic rings. The molecule has 0 aromatic heterocycles. The number of halogens is 3. The predicted octanol–water partition coefficient (Wildman–Crippen LogP) is 2.71. The van der Waals surface area contributed by atoms with Crippen molar-refractivity contribution in [2.24, 2.45) is 0 Å². The molecular formula is C9H15F3O2. The van der Waals surface area contributed by atoms with Gasteiger partial charge < -0.3 is 4.74 Å². The van der Waals surface area contributed by atoms with Gasteiger partial charge in [-0.05, 0) is 12.8 Å². The van der Waals surface area contributed by atoms with Crippen molar-refractivity contribution in [2.45, 2.75) is 38.8 Å². The molecule has 0 saturated heterocycles. The van der Waals surface area contributed by atoms with E-state index in [1.54, 1.807) is 0 Å². The van der Waals surface area contributed by atoms with Gasteiger partial charge in [-0.3, -0.25) is 4.79 Å². The molecule has 0 amide bonds. The summed E-state index contributed by atoms with van der Waals surface area (Å²) in [6, 6.07) is 0. The Labute approximate surface area is 81.4 Å². The molecule has 0 saturated carbocycles. The largest absolute Gasteiger partial charge is 0.411 e. The lowest BCUT2D eigenvalue weighted by molar-refractivity contribution is -0.174. The van der Waals surface area contributed by atoms with Crippen LogP contribution in [0.3, 0.4) is 0 Å². The fraction of sp³-hybridized carbons (Fsp3) is 0.889. The van der Waals surface area contributed by atoms with Crippen molar-refractivity contribution in [3.8, 4) is 0 Å². The van der Waals surface area contributed by atoms with Crippen LogP contribution in [0.15, 0.2) is 0 Å². The summed E-state index contributed by atoms with van der Waals surface area (Å²) in [6.45, 7) is 0.655. The summed E-state index contributed by atoms with van der Waals surface area (Å²) in [5, 5.41) is 0. The Balaban J connectivity index is 3.26. The van der Waals surface area contributed by atoms with Crippen molar-refractivity contribution < 1.29 is 22.7 Å². The third kappa shape index (κ3) is 9.51. The Bertz CT molecular complexity index is 166. The maximum absolute atomic E-state index is 11.6. The van der Waals surface area contributed by atoms with E-state index >= 15 is 0 Å². The quantitative estimate of drug-likeness (QED) is 0.606. The SMILES string of the molecule is CCCC(=O)CCCOCC(F)(F)F. The van der Waals surface area contributed by atoms with E-state index in [0.29, 0.717) is 19.3 Å². The van der Waals surface area contributed by atoms with Crippen LogP contribution in [-0.4, -0.2) is 25.2 Å². The first-order valence-electron chi connectivity index (χ1n) is 4.62. The molecule has 0 aliphatic heterocycles. The summed E-state index contributed by atoms with van der Waals surface area (Å²) in [5.74, 6) is 0.0862. The van der Waals surface area contributed by atoms with Gasteiger partial charge in [0, 0.05) is 19.4 Å². The van der Waals surface area contributed by atoms with E-state index in [0.717, 1.165) is 6.42 Å². The van der Waals surface area contributed by atoms with Gasteiger partial charge in [-0.2, -0.15) is 13.2 Å². The van der Waals surface area contributed by atoms with Crippen LogP contribution in [0.1, 0.15) is 32.6 Å². The smallest absolute Gasteiger partial charge is 0.372 e. The summed E-state index contributed by atoms with van der Waals surface area (Å²) in [6.07, 6.45) is -2.31. The van der Waals surface area contributed by atoms with Crippen LogP contribution in [0.4, 0.5) is 13.2 Å². The molecule has 0 spiro atoms. The van der Waals surface area contributed by atoms with Gasteiger partial charge in [-0.15, -0.1) is 0 Å². The molecule has 0 heterocycles. The second-order valence-electron chi connectivity index (χ2n) is 3.06. The molecule has 14 heavy (non-hydrogen) atoms. The van der Waals surface area contributed by atoms with Crippen LogP contribution < -0.4 is 0 Å². The fourth-order valence-electron chi connectivity index (χ4n) is 0.963. The fourth-order valence-corrected chi connectivity index (χ4v) is 0.963. The Kier molecular flexibility index (Phi) is 6.53. The van der Waals surface area contributed by atoms with Crippen molar-refractivity contribution in [1.29, 1.82) is 0 Å². The number of ether oxygens (including phenoxy) is 1. The van der Waals surface area contributed by atoms with Gasteiger partial charge in [0.2, 0.25) is 0 Å². The normalized spacial score (nSPS) is 11.7. The second-order valence-corrected chi connectivity index (χ2v) is 3.06. The minimum Gasteiger partial charge on any atom is -0.372 e. The highest BCUT2D eigenvalue weighted by Gasteiger charge is 2.27. The molecule has 84 valence electrons. The van der Waals surface area contributed by atoms with Gasteiger partial charge in [-0.1, -0.05) is 6.92 Å². The van der Waals surface area contributed by atoms with Gasteiger partial charge in [-0.25, -0.2) is 0 Å². The minimum atomic E-state index is -4.27. The Morgan fingerprint density at radius 3 is 2.43 bits per heavy atom. The molecule has 5 heteroatoms. The van der Waals surface area contributed by atoms with Crippen LogP contribution in [0.2, 0.25) is 0 Å². The van der Waals surface area contributed by atoms with E-state index in [1.165, 1.54) is 0 Å². The molecule has 0 fully saturated rings. The number of ketones is 1. The summed E-state index contributed by atoms with van der Waals surface area (Å²) in [5.41, 5.74) is 0. The molecule has 0 N–H and O–H groups in total. The van der Waals surface area contributed by atoms with Crippen molar-refractivity contribution >= 4 is 5.78 Å². The second kappa shape index (κ2) is 6.81. The average molecular weight is 212 g/mol. The molecule has 0 aliphatic carbocycles. The van der Waals surface area contributed by atoms with Crippen LogP contribution in [0.5, 0.6) is 0 Å². The van der Waals surface area contributed by atoms with E-state index in [-0.39, 0.29) is 12.4 Å². The number of alkyl halides is 3. The van der Waals surface area contributed by atoms with Crippen LogP contribution in [0.25, 0.3) is 0 Å². The molecule has 0 unspecified atom stereocenters. The number of carbonyl (C=O) groups excluding carboxylic acids is 1. The molecule has 0 atom stereocenters. The van der Waals surface area contributed by atoms with Gasteiger partial charge in [0.1, 0.15) is 12.4 Å². The highest BCUT2D eigenvalue weighted by molar-refractivity contribution is 5.78. The topological polar surface area (TPSA) is 26.3 Å². The molecule has 0 aromatic carbocycles. The third-order valence-electron chi connectivity index (χ3n) is 1.54. The molecule has 0 radical (unpaired) electrons. The Hall–Kier alpha value is -0.580. The zero-order valence-corrected chi connectivity index (χ0v) is 8.19. The Morgan fingerprint density at radius 2 is 1.93 bits per heavy atom. The highest BCUT2D eigenvalue weighted by Crippen LogP contribution is 2.14. The summed E-state index contributed by atoms with van der Waals surface area (Å²) >= 11 is 0. The zero-order valence-electron chi connectivity index (χ0n) is 8.19. The van der Waals surface area contributed by atoms with Crippen LogP contribution >= 0.6 is 0 Å². The van der Waals surface area contributed by atoms with Crippen LogP contribution in [0, 0.1) is 0 Å². The molecule has 2 nitrogen and oxygen atoms in total. The van der Waals surface area contributed by atoms with E-state index in [2.05, 4.69) is 4.74 Å². The standard InChI is InChI=1S/C9H15F3O2/c1-2-4-8(13)5-3-6-14-7-9(10,11)12/h2-7H2,1H3. The highest BCUT2D eigenvalue weighted by atomic mass is 19.4. The third-order valence-corrected chi connectivity index (χ3v) is 1.54. The number of hydrogen-bond acceptors (Lipinski definition) is 2. The lowest BCUT2D eigenvalue weighted by Gasteiger charge is -2.06. The minimum absolute atomic E-state index is 0.00500. The summed E-state index contributed by atoms with van der Waals surface area (Å²) < 4.78 is 39.1. The van der Waals surface area contributed by atoms with E-state index in [9.17, 15) is 18.0 Å². The first-order valence-corrected chi connectivity index (χ1v) is 4.62. The number of Topliss-reactive ketones (excluding diaryl/α,β-unsaturated/α-hetero) is 1. The zero-order chi connectivity index (χ0) is 11.0. The number of hydrogen-bond donors (Lipinski definition) is 0. The van der Waals surface area contributed by atoms with Crippen molar-refractivity contribution in [1.82, 2.24) is 0 Å². The first-order chi connectivity index (χ1) is 6.45. The van der Waals surface area contributed by atoms with Gasteiger partial charge in [0.15, 0.2) is 0 Å². The molecule has 0 aromatic rings.